The molecule has 158 valence electrons. The van der Waals surface area contributed by atoms with Crippen LogP contribution in [0.4, 0.5) is 4.39 Å². The van der Waals surface area contributed by atoms with Crippen LogP contribution in [0.5, 0.6) is 5.75 Å². The van der Waals surface area contributed by atoms with Crippen molar-refractivity contribution in [2.24, 2.45) is 0 Å². The van der Waals surface area contributed by atoms with Crippen molar-refractivity contribution in [1.82, 2.24) is 14.9 Å². The molecule has 4 aromatic rings. The fourth-order valence-corrected chi connectivity index (χ4v) is 3.50. The van der Waals surface area contributed by atoms with Crippen molar-refractivity contribution >= 4 is 16.9 Å². The van der Waals surface area contributed by atoms with Crippen LogP contribution in [-0.4, -0.2) is 28.6 Å². The molecule has 0 aliphatic heterocycles. The summed E-state index contributed by atoms with van der Waals surface area (Å²) >= 11 is 0. The molecule has 6 heteroatoms. The number of halogens is 1. The van der Waals surface area contributed by atoms with E-state index in [0.717, 1.165) is 29.7 Å². The molecule has 0 unspecified atom stereocenters. The Labute approximate surface area is 180 Å². The van der Waals surface area contributed by atoms with Crippen molar-refractivity contribution in [1.29, 1.82) is 0 Å². The minimum atomic E-state index is -0.340. The smallest absolute Gasteiger partial charge is 0.258 e. The molecule has 0 saturated heterocycles. The van der Waals surface area contributed by atoms with Gasteiger partial charge in [0, 0.05) is 19.5 Å². The summed E-state index contributed by atoms with van der Waals surface area (Å²) in [5, 5.41) is 2.88. The van der Waals surface area contributed by atoms with E-state index in [0.29, 0.717) is 18.8 Å². The van der Waals surface area contributed by atoms with Crippen LogP contribution in [0, 0.1) is 5.82 Å². The lowest BCUT2D eigenvalue weighted by atomic mass is 10.1. The number of imidazole rings is 1. The number of aromatic nitrogens is 2. The second-order valence-electron chi connectivity index (χ2n) is 7.25. The zero-order valence-corrected chi connectivity index (χ0v) is 17.1. The Kier molecular flexibility index (Phi) is 6.57. The van der Waals surface area contributed by atoms with Gasteiger partial charge in [-0.3, -0.25) is 4.79 Å². The molecule has 0 bridgehead atoms. The van der Waals surface area contributed by atoms with E-state index >= 15 is 0 Å². The van der Waals surface area contributed by atoms with Crippen LogP contribution < -0.4 is 10.1 Å². The number of rotatable bonds is 9. The summed E-state index contributed by atoms with van der Waals surface area (Å²) in [4.78, 5) is 16.9. The third-order valence-corrected chi connectivity index (χ3v) is 5.05. The molecule has 4 rings (SSSR count). The summed E-state index contributed by atoms with van der Waals surface area (Å²) in [6, 6.07) is 24.0. The zero-order chi connectivity index (χ0) is 21.5. The van der Waals surface area contributed by atoms with Gasteiger partial charge >= 0.3 is 0 Å². The van der Waals surface area contributed by atoms with Crippen molar-refractivity contribution in [2.45, 2.75) is 19.4 Å². The number of carbonyl (C=O) groups is 1. The topological polar surface area (TPSA) is 56.1 Å². The Morgan fingerprint density at radius 3 is 2.48 bits per heavy atom. The Morgan fingerprint density at radius 1 is 0.935 bits per heavy atom. The van der Waals surface area contributed by atoms with Crippen LogP contribution in [0.2, 0.25) is 0 Å². The normalized spacial score (nSPS) is 10.9. The van der Waals surface area contributed by atoms with Gasteiger partial charge in [0.25, 0.3) is 5.91 Å². The number of aryl methyl sites for hydroxylation is 2. The Hall–Kier alpha value is -3.67. The summed E-state index contributed by atoms with van der Waals surface area (Å²) < 4.78 is 20.5. The Morgan fingerprint density at radius 2 is 1.68 bits per heavy atom. The van der Waals surface area contributed by atoms with Gasteiger partial charge in [-0.15, -0.1) is 0 Å². The largest absolute Gasteiger partial charge is 0.484 e. The van der Waals surface area contributed by atoms with Crippen LogP contribution >= 0.6 is 0 Å². The molecule has 1 heterocycles. The molecule has 0 spiro atoms. The van der Waals surface area contributed by atoms with Crippen molar-refractivity contribution in [2.75, 3.05) is 13.2 Å². The van der Waals surface area contributed by atoms with Gasteiger partial charge in [0.05, 0.1) is 11.0 Å². The number of hydrogen-bond acceptors (Lipinski definition) is 3. The molecule has 0 fully saturated rings. The predicted octanol–water partition coefficient (Wildman–Crippen LogP) is 4.16. The molecule has 1 amide bonds. The number of ether oxygens (including phenoxy) is 1. The highest BCUT2D eigenvalue weighted by Crippen LogP contribution is 2.17. The van der Waals surface area contributed by atoms with Crippen LogP contribution in [0.15, 0.2) is 78.9 Å². The molecule has 0 atom stereocenters. The minimum Gasteiger partial charge on any atom is -0.484 e. The number of hydrogen-bond donors (Lipinski definition) is 1. The second kappa shape index (κ2) is 9.89. The van der Waals surface area contributed by atoms with Crippen LogP contribution in [-0.2, 0) is 24.2 Å². The van der Waals surface area contributed by atoms with Gasteiger partial charge in [0.2, 0.25) is 0 Å². The van der Waals surface area contributed by atoms with E-state index in [-0.39, 0.29) is 18.3 Å². The number of carbonyl (C=O) groups excluding carboxylic acids is 1. The molecule has 0 aliphatic rings. The van der Waals surface area contributed by atoms with E-state index in [4.69, 9.17) is 9.72 Å². The maximum absolute atomic E-state index is 12.9. The van der Waals surface area contributed by atoms with E-state index in [2.05, 4.69) is 22.0 Å². The van der Waals surface area contributed by atoms with Gasteiger partial charge in [-0.1, -0.05) is 42.5 Å². The SMILES string of the molecule is O=C(COc1ccc(F)cc1)NCCn1c(CCc2ccccc2)nc2ccccc21. The molecule has 5 nitrogen and oxygen atoms in total. The Bertz CT molecular complexity index is 1140. The number of amides is 1. The highest BCUT2D eigenvalue weighted by Gasteiger charge is 2.11. The van der Waals surface area contributed by atoms with Gasteiger partial charge in [-0.2, -0.15) is 0 Å². The van der Waals surface area contributed by atoms with Crippen LogP contribution in [0.25, 0.3) is 11.0 Å². The van der Waals surface area contributed by atoms with Crippen LogP contribution in [0.1, 0.15) is 11.4 Å². The average Bonchev–Trinajstić information content (AvgIpc) is 3.15. The first-order chi connectivity index (χ1) is 15.2. The lowest BCUT2D eigenvalue weighted by Gasteiger charge is -2.11. The zero-order valence-electron chi connectivity index (χ0n) is 17.1. The Balaban J connectivity index is 1.35. The summed E-state index contributed by atoms with van der Waals surface area (Å²) in [7, 11) is 0. The van der Waals surface area contributed by atoms with E-state index in [1.54, 1.807) is 0 Å². The molecule has 31 heavy (non-hydrogen) atoms. The van der Waals surface area contributed by atoms with Gasteiger partial charge in [0.1, 0.15) is 17.4 Å². The minimum absolute atomic E-state index is 0.114. The third-order valence-electron chi connectivity index (χ3n) is 5.05. The third kappa shape index (κ3) is 5.48. The van der Waals surface area contributed by atoms with Crippen molar-refractivity contribution in [3.63, 3.8) is 0 Å². The molecule has 3 aromatic carbocycles. The van der Waals surface area contributed by atoms with Gasteiger partial charge in [-0.25, -0.2) is 9.37 Å². The predicted molar refractivity (Wildman–Crippen MR) is 118 cm³/mol. The molecule has 1 aromatic heterocycles. The summed E-state index contributed by atoms with van der Waals surface area (Å²) in [5.41, 5.74) is 3.28. The molecule has 0 aliphatic carbocycles. The van der Waals surface area contributed by atoms with E-state index in [9.17, 15) is 9.18 Å². The number of nitrogens with zero attached hydrogens (tertiary/aromatic N) is 2. The maximum atomic E-state index is 12.9. The molecule has 1 N–H and O–H groups in total. The number of para-hydroxylation sites is 2. The highest BCUT2D eigenvalue weighted by molar-refractivity contribution is 5.78. The first kappa shape index (κ1) is 20.6. The lowest BCUT2D eigenvalue weighted by Crippen LogP contribution is -2.31. The summed E-state index contributed by atoms with van der Waals surface area (Å²) in [6.07, 6.45) is 1.72. The number of nitrogens with one attached hydrogen (secondary N) is 1. The average molecular weight is 417 g/mol. The fourth-order valence-electron chi connectivity index (χ4n) is 3.50. The standard InChI is InChI=1S/C25H24FN3O2/c26-20-11-13-21(14-12-20)31-18-25(30)27-16-17-29-23-9-5-4-8-22(23)28-24(29)15-10-19-6-2-1-3-7-19/h1-9,11-14H,10,15-18H2,(H,27,30). The first-order valence-electron chi connectivity index (χ1n) is 10.3. The number of fused-ring (bicyclic) bond motifs is 1. The van der Waals surface area contributed by atoms with Crippen molar-refractivity contribution in [3.05, 3.63) is 96.1 Å². The van der Waals surface area contributed by atoms with Gasteiger partial charge in [-0.05, 0) is 48.4 Å². The van der Waals surface area contributed by atoms with E-state index in [1.807, 2.05) is 42.5 Å². The highest BCUT2D eigenvalue weighted by atomic mass is 19.1. The second-order valence-corrected chi connectivity index (χ2v) is 7.25. The quantitative estimate of drug-likeness (QED) is 0.445. The van der Waals surface area contributed by atoms with Crippen molar-refractivity contribution in [3.8, 4) is 5.75 Å². The van der Waals surface area contributed by atoms with E-state index < -0.39 is 0 Å². The van der Waals surface area contributed by atoms with Crippen LogP contribution in [0.3, 0.4) is 0 Å². The monoisotopic (exact) mass is 417 g/mol. The lowest BCUT2D eigenvalue weighted by molar-refractivity contribution is -0.123. The van der Waals surface area contributed by atoms with Gasteiger partial charge < -0.3 is 14.6 Å². The molecular weight excluding hydrogens is 393 g/mol. The van der Waals surface area contributed by atoms with E-state index in [1.165, 1.54) is 29.8 Å². The summed E-state index contributed by atoms with van der Waals surface area (Å²) in [5.74, 6) is 0.897. The summed E-state index contributed by atoms with van der Waals surface area (Å²) in [6.45, 7) is 0.967. The maximum Gasteiger partial charge on any atom is 0.258 e. The number of benzene rings is 3. The fraction of sp³-hybridized carbons (Fsp3) is 0.200. The first-order valence-corrected chi connectivity index (χ1v) is 10.3. The van der Waals surface area contributed by atoms with Gasteiger partial charge in [0.15, 0.2) is 6.61 Å². The molecule has 0 saturated carbocycles. The molecule has 0 radical (unpaired) electrons. The molecular formula is C25H24FN3O2. The van der Waals surface area contributed by atoms with Crippen molar-refractivity contribution < 1.29 is 13.9 Å².